The third-order valence-corrected chi connectivity index (χ3v) is 2.98. The molecule has 0 aliphatic rings. The van der Waals surface area contributed by atoms with Gasteiger partial charge in [-0.15, -0.1) is 0 Å². The van der Waals surface area contributed by atoms with Crippen LogP contribution in [0.4, 0.5) is 3.89 Å². The van der Waals surface area contributed by atoms with Crippen molar-refractivity contribution < 1.29 is 26.1 Å². The quantitative estimate of drug-likeness (QED) is 0.602. The summed E-state index contributed by atoms with van der Waals surface area (Å²) in [5.74, 6) is -0.649. The third-order valence-electron chi connectivity index (χ3n) is 2.59. The average Bonchev–Trinajstić information content (AvgIpc) is 2.38. The lowest BCUT2D eigenvalue weighted by atomic mass is 10.1. The van der Waals surface area contributed by atoms with Crippen molar-refractivity contribution in [2.75, 3.05) is 0 Å². The molecule has 0 spiro atoms. The van der Waals surface area contributed by atoms with E-state index < -0.39 is 16.5 Å². The zero-order valence-electron chi connectivity index (χ0n) is 11.6. The van der Waals surface area contributed by atoms with Gasteiger partial charge in [0.05, 0.1) is 6.04 Å². The molecule has 1 N–H and O–H groups in total. The number of benzene rings is 1. The molecule has 1 unspecified atom stereocenters. The van der Waals surface area contributed by atoms with Crippen LogP contribution in [-0.4, -0.2) is 26.7 Å². The molecule has 6 nitrogen and oxygen atoms in total. The van der Waals surface area contributed by atoms with Crippen LogP contribution in [0.25, 0.3) is 0 Å². The molecule has 8 heteroatoms. The van der Waals surface area contributed by atoms with Gasteiger partial charge in [-0.3, -0.25) is 4.79 Å². The second-order valence-electron chi connectivity index (χ2n) is 4.73. The van der Waals surface area contributed by atoms with Crippen LogP contribution < -0.4 is 9.50 Å². The molecule has 0 heterocycles. The Kier molecular flexibility index (Phi) is 5.83. The van der Waals surface area contributed by atoms with E-state index in [1.165, 1.54) is 24.3 Å². The van der Waals surface area contributed by atoms with Gasteiger partial charge in [-0.1, -0.05) is 29.9 Å². The predicted octanol–water partition coefficient (Wildman–Crippen LogP) is 1.16. The highest BCUT2D eigenvalue weighted by molar-refractivity contribution is 7.81. The van der Waals surface area contributed by atoms with Gasteiger partial charge in [-0.2, -0.15) is 8.42 Å². The molecule has 1 aromatic rings. The topological polar surface area (TPSA) is 89.5 Å². The lowest BCUT2D eigenvalue weighted by Gasteiger charge is -2.14. The lowest BCUT2D eigenvalue weighted by Crippen LogP contribution is -2.39. The first kappa shape index (κ1) is 17.1. The number of hydrogen-bond acceptors (Lipinski definition) is 5. The normalized spacial score (nSPS) is 12.8. The molecular formula is C13H16FNO5S. The molecule has 0 radical (unpaired) electrons. The molecule has 1 rings (SSSR count). The minimum absolute atomic E-state index is 0.171. The number of rotatable bonds is 7. The molecular weight excluding hydrogens is 301 g/mol. The van der Waals surface area contributed by atoms with Gasteiger partial charge >= 0.3 is 10.5 Å². The second-order valence-corrected chi connectivity index (χ2v) is 5.68. The van der Waals surface area contributed by atoms with E-state index in [9.17, 15) is 21.9 Å². The first-order valence-corrected chi connectivity index (χ1v) is 7.51. The van der Waals surface area contributed by atoms with E-state index >= 15 is 0 Å². The zero-order valence-corrected chi connectivity index (χ0v) is 12.4. The van der Waals surface area contributed by atoms with E-state index in [0.29, 0.717) is 11.8 Å². The smallest absolute Gasteiger partial charge is 0.358 e. The summed E-state index contributed by atoms with van der Waals surface area (Å²) in [5, 5.41) is 2.57. The van der Waals surface area contributed by atoms with Crippen molar-refractivity contribution >= 4 is 22.7 Å². The van der Waals surface area contributed by atoms with E-state index in [1.54, 1.807) is 13.8 Å². The zero-order chi connectivity index (χ0) is 16.0. The van der Waals surface area contributed by atoms with Crippen LogP contribution in [0.1, 0.15) is 19.4 Å². The highest BCUT2D eigenvalue weighted by Crippen LogP contribution is 2.15. The summed E-state index contributed by atoms with van der Waals surface area (Å²) in [6.45, 7) is 3.42. The molecule has 0 saturated carbocycles. The Morgan fingerprint density at radius 1 is 1.33 bits per heavy atom. The predicted molar refractivity (Wildman–Crippen MR) is 73.6 cm³/mol. The van der Waals surface area contributed by atoms with Gasteiger partial charge in [-0.25, -0.2) is 0 Å². The first-order chi connectivity index (χ1) is 9.71. The van der Waals surface area contributed by atoms with Crippen molar-refractivity contribution in [3.05, 3.63) is 29.8 Å². The minimum atomic E-state index is -5.06. The summed E-state index contributed by atoms with van der Waals surface area (Å²) >= 11 is 0. The van der Waals surface area contributed by atoms with Gasteiger partial charge in [0.1, 0.15) is 12.0 Å². The van der Waals surface area contributed by atoms with Gasteiger partial charge in [0.2, 0.25) is 5.91 Å². The number of carbonyl (C=O) groups excluding carboxylic acids is 2. The van der Waals surface area contributed by atoms with Gasteiger partial charge in [0, 0.05) is 5.92 Å². The average molecular weight is 317 g/mol. The summed E-state index contributed by atoms with van der Waals surface area (Å²) in [7, 11) is -5.06. The number of amides is 1. The van der Waals surface area contributed by atoms with Crippen molar-refractivity contribution in [1.82, 2.24) is 5.32 Å². The number of nitrogens with one attached hydrogen (secondary N) is 1. The fraction of sp³-hybridized carbons (Fsp3) is 0.385. The molecule has 1 amide bonds. The maximum absolute atomic E-state index is 12.3. The molecule has 21 heavy (non-hydrogen) atoms. The largest absolute Gasteiger partial charge is 0.488 e. The number of carbonyl (C=O) groups is 2. The molecule has 0 aromatic heterocycles. The Labute approximate surface area is 122 Å². The van der Waals surface area contributed by atoms with E-state index in [1.807, 2.05) is 0 Å². The fourth-order valence-electron chi connectivity index (χ4n) is 1.53. The van der Waals surface area contributed by atoms with E-state index in [-0.39, 0.29) is 24.0 Å². The monoisotopic (exact) mass is 317 g/mol. The molecule has 0 aliphatic heterocycles. The summed E-state index contributed by atoms with van der Waals surface area (Å²) in [5.41, 5.74) is 0.666. The van der Waals surface area contributed by atoms with E-state index in [0.717, 1.165) is 0 Å². The molecule has 0 aliphatic carbocycles. The molecule has 0 fully saturated rings. The summed E-state index contributed by atoms with van der Waals surface area (Å²) in [6.07, 6.45) is 0.862. The molecule has 0 saturated heterocycles. The van der Waals surface area contributed by atoms with Crippen LogP contribution in [0.2, 0.25) is 0 Å². The third kappa shape index (κ3) is 6.35. The van der Waals surface area contributed by atoms with E-state index in [2.05, 4.69) is 9.50 Å². The maximum atomic E-state index is 12.3. The minimum Gasteiger partial charge on any atom is -0.358 e. The van der Waals surface area contributed by atoms with Gasteiger partial charge < -0.3 is 14.3 Å². The Morgan fingerprint density at radius 3 is 2.33 bits per heavy atom. The van der Waals surface area contributed by atoms with Crippen LogP contribution >= 0.6 is 0 Å². The van der Waals surface area contributed by atoms with Crippen LogP contribution in [-0.2, 0) is 26.5 Å². The first-order valence-electron chi connectivity index (χ1n) is 6.20. The van der Waals surface area contributed by atoms with Gasteiger partial charge in [0.15, 0.2) is 0 Å². The Hall–Kier alpha value is -1.96. The van der Waals surface area contributed by atoms with Gasteiger partial charge in [-0.05, 0) is 24.1 Å². The highest BCUT2D eigenvalue weighted by Gasteiger charge is 2.15. The van der Waals surface area contributed by atoms with Crippen molar-refractivity contribution in [3.8, 4) is 5.75 Å². The number of hydrogen-bond donors (Lipinski definition) is 1. The summed E-state index contributed by atoms with van der Waals surface area (Å²) in [6, 6.07) is 4.81. The number of aldehydes is 1. The Balaban J connectivity index is 2.69. The summed E-state index contributed by atoms with van der Waals surface area (Å²) in [4.78, 5) is 22.5. The Morgan fingerprint density at radius 2 is 1.90 bits per heavy atom. The van der Waals surface area contributed by atoms with Crippen LogP contribution in [0.5, 0.6) is 5.75 Å². The highest BCUT2D eigenvalue weighted by atomic mass is 32.3. The SMILES string of the molecule is CC(C)C(=O)NC(C=O)Cc1ccc(OS(=O)(=O)F)cc1. The molecule has 1 atom stereocenters. The van der Waals surface area contributed by atoms with Crippen molar-refractivity contribution in [1.29, 1.82) is 0 Å². The summed E-state index contributed by atoms with van der Waals surface area (Å²) < 4.78 is 37.0. The van der Waals surface area contributed by atoms with Crippen molar-refractivity contribution in [2.45, 2.75) is 26.3 Å². The maximum Gasteiger partial charge on any atom is 0.488 e. The van der Waals surface area contributed by atoms with Crippen LogP contribution in [0.3, 0.4) is 0 Å². The second kappa shape index (κ2) is 7.16. The lowest BCUT2D eigenvalue weighted by molar-refractivity contribution is -0.126. The fourth-order valence-corrected chi connectivity index (χ4v) is 1.87. The van der Waals surface area contributed by atoms with Crippen molar-refractivity contribution in [3.63, 3.8) is 0 Å². The number of halogens is 1. The standard InChI is InChI=1S/C13H16FNO5S/c1-9(2)13(17)15-11(8-16)7-10-3-5-12(6-4-10)20-21(14,18)19/h3-6,8-9,11H,7H2,1-2H3,(H,15,17). The van der Waals surface area contributed by atoms with Gasteiger partial charge in [0.25, 0.3) is 0 Å². The van der Waals surface area contributed by atoms with Crippen LogP contribution in [0, 0.1) is 5.92 Å². The molecule has 0 bridgehead atoms. The Bertz CT molecular complexity index is 597. The molecule has 1 aromatic carbocycles. The van der Waals surface area contributed by atoms with E-state index in [4.69, 9.17) is 0 Å². The van der Waals surface area contributed by atoms with Crippen LogP contribution in [0.15, 0.2) is 24.3 Å². The van der Waals surface area contributed by atoms with Crippen molar-refractivity contribution in [2.24, 2.45) is 5.92 Å². The molecule has 116 valence electrons.